The van der Waals surface area contributed by atoms with Crippen molar-refractivity contribution < 1.29 is 0 Å². The normalized spacial score (nSPS) is 13.3. The van der Waals surface area contributed by atoms with E-state index in [9.17, 15) is 0 Å². The molecule has 0 aliphatic carbocycles. The summed E-state index contributed by atoms with van der Waals surface area (Å²) in [5, 5.41) is 0.822. The standard InChI is InChI=1S/C12H17Cl/c1-4-12(9(2)3)10-5-7-11(13)8-6-10/h5-9,12H,4H2,1-3H3/t12-/m0/s1. The topological polar surface area (TPSA) is 0 Å². The summed E-state index contributed by atoms with van der Waals surface area (Å²) in [7, 11) is 0. The molecule has 0 fully saturated rings. The van der Waals surface area contributed by atoms with E-state index < -0.39 is 0 Å². The van der Waals surface area contributed by atoms with Gasteiger partial charge in [0.1, 0.15) is 0 Å². The Hall–Kier alpha value is -0.490. The van der Waals surface area contributed by atoms with E-state index in [1.165, 1.54) is 12.0 Å². The molecule has 13 heavy (non-hydrogen) atoms. The van der Waals surface area contributed by atoms with Crippen LogP contribution in [0.3, 0.4) is 0 Å². The summed E-state index contributed by atoms with van der Waals surface area (Å²) in [6.45, 7) is 6.77. The van der Waals surface area contributed by atoms with Crippen LogP contribution in [-0.2, 0) is 0 Å². The van der Waals surface area contributed by atoms with Crippen LogP contribution in [0.1, 0.15) is 38.7 Å². The second-order valence-electron chi connectivity index (χ2n) is 3.81. The zero-order valence-electron chi connectivity index (χ0n) is 8.55. The smallest absolute Gasteiger partial charge is 0.0406 e. The lowest BCUT2D eigenvalue weighted by Gasteiger charge is -2.19. The number of hydrogen-bond donors (Lipinski definition) is 0. The van der Waals surface area contributed by atoms with Crippen LogP contribution in [0.5, 0.6) is 0 Å². The Morgan fingerprint density at radius 1 is 1.15 bits per heavy atom. The first-order valence-corrected chi connectivity index (χ1v) is 5.28. The van der Waals surface area contributed by atoms with Gasteiger partial charge in [-0.15, -0.1) is 0 Å². The summed E-state index contributed by atoms with van der Waals surface area (Å²) in [5.41, 5.74) is 1.40. The van der Waals surface area contributed by atoms with Crippen molar-refractivity contribution in [2.24, 2.45) is 5.92 Å². The molecular formula is C12H17Cl. The molecule has 1 heteroatoms. The van der Waals surface area contributed by atoms with Gasteiger partial charge in [-0.25, -0.2) is 0 Å². The van der Waals surface area contributed by atoms with Crippen LogP contribution in [0.15, 0.2) is 24.3 Å². The third-order valence-electron chi connectivity index (χ3n) is 2.54. The van der Waals surface area contributed by atoms with Crippen molar-refractivity contribution in [3.8, 4) is 0 Å². The van der Waals surface area contributed by atoms with Gasteiger partial charge < -0.3 is 0 Å². The number of benzene rings is 1. The molecule has 0 aromatic heterocycles. The summed E-state index contributed by atoms with van der Waals surface area (Å²) in [6, 6.07) is 8.22. The molecule has 0 radical (unpaired) electrons. The van der Waals surface area contributed by atoms with E-state index in [0.29, 0.717) is 11.8 Å². The second-order valence-corrected chi connectivity index (χ2v) is 4.25. The molecule has 1 aromatic carbocycles. The molecule has 0 saturated carbocycles. The Morgan fingerprint density at radius 3 is 2.08 bits per heavy atom. The van der Waals surface area contributed by atoms with Gasteiger partial charge in [-0.1, -0.05) is 44.5 Å². The van der Waals surface area contributed by atoms with Gasteiger partial charge >= 0.3 is 0 Å². The van der Waals surface area contributed by atoms with Gasteiger partial charge in [0.2, 0.25) is 0 Å². The first-order chi connectivity index (χ1) is 6.15. The highest BCUT2D eigenvalue weighted by Gasteiger charge is 2.12. The summed E-state index contributed by atoms with van der Waals surface area (Å²) in [4.78, 5) is 0. The lowest BCUT2D eigenvalue weighted by Crippen LogP contribution is -2.04. The SMILES string of the molecule is CC[C@H](c1ccc(Cl)cc1)C(C)C. The van der Waals surface area contributed by atoms with Gasteiger partial charge in [-0.3, -0.25) is 0 Å². The quantitative estimate of drug-likeness (QED) is 0.668. The first kappa shape index (κ1) is 10.6. The lowest BCUT2D eigenvalue weighted by molar-refractivity contribution is 0.485. The molecule has 1 aromatic rings. The van der Waals surface area contributed by atoms with Crippen LogP contribution < -0.4 is 0 Å². The van der Waals surface area contributed by atoms with E-state index in [0.717, 1.165) is 5.02 Å². The molecule has 0 unspecified atom stereocenters. The van der Waals surface area contributed by atoms with E-state index in [1.807, 2.05) is 12.1 Å². The number of hydrogen-bond acceptors (Lipinski definition) is 0. The highest BCUT2D eigenvalue weighted by molar-refractivity contribution is 6.30. The van der Waals surface area contributed by atoms with Gasteiger partial charge in [-0.05, 0) is 36.0 Å². The molecule has 0 aliphatic heterocycles. The summed E-state index contributed by atoms with van der Waals surface area (Å²) in [6.07, 6.45) is 1.19. The van der Waals surface area contributed by atoms with Crippen molar-refractivity contribution in [1.29, 1.82) is 0 Å². The molecule has 72 valence electrons. The Kier molecular flexibility index (Phi) is 3.80. The average molecular weight is 197 g/mol. The van der Waals surface area contributed by atoms with Crippen LogP contribution in [0.25, 0.3) is 0 Å². The molecule has 0 saturated heterocycles. The van der Waals surface area contributed by atoms with Gasteiger partial charge in [0.05, 0.1) is 0 Å². The second kappa shape index (κ2) is 4.66. The van der Waals surface area contributed by atoms with Crippen molar-refractivity contribution in [3.05, 3.63) is 34.9 Å². The molecule has 1 atom stereocenters. The molecule has 1 rings (SSSR count). The van der Waals surface area contributed by atoms with Crippen molar-refractivity contribution in [1.82, 2.24) is 0 Å². The summed E-state index contributed by atoms with van der Waals surface area (Å²) < 4.78 is 0. The monoisotopic (exact) mass is 196 g/mol. The maximum Gasteiger partial charge on any atom is 0.0406 e. The predicted molar refractivity (Wildman–Crippen MR) is 59.3 cm³/mol. The van der Waals surface area contributed by atoms with Crippen LogP contribution in [-0.4, -0.2) is 0 Å². The molecule has 0 N–H and O–H groups in total. The molecule has 0 heterocycles. The fourth-order valence-corrected chi connectivity index (χ4v) is 1.93. The van der Waals surface area contributed by atoms with Crippen molar-refractivity contribution >= 4 is 11.6 Å². The van der Waals surface area contributed by atoms with Gasteiger partial charge in [-0.2, -0.15) is 0 Å². The Balaban J connectivity index is 2.86. The van der Waals surface area contributed by atoms with E-state index in [-0.39, 0.29) is 0 Å². The minimum absolute atomic E-state index is 0.664. The van der Waals surface area contributed by atoms with Crippen LogP contribution in [0, 0.1) is 5.92 Å². The Labute approximate surface area is 85.9 Å². The zero-order chi connectivity index (χ0) is 9.84. The van der Waals surface area contributed by atoms with Crippen molar-refractivity contribution in [2.75, 3.05) is 0 Å². The fourth-order valence-electron chi connectivity index (χ4n) is 1.80. The van der Waals surface area contributed by atoms with Crippen LogP contribution >= 0.6 is 11.6 Å². The van der Waals surface area contributed by atoms with Gasteiger partial charge in [0.15, 0.2) is 0 Å². The third-order valence-corrected chi connectivity index (χ3v) is 2.79. The lowest BCUT2D eigenvalue weighted by atomic mass is 9.86. The van der Waals surface area contributed by atoms with E-state index in [4.69, 9.17) is 11.6 Å². The summed E-state index contributed by atoms with van der Waals surface area (Å²) >= 11 is 5.84. The maximum absolute atomic E-state index is 5.84. The zero-order valence-corrected chi connectivity index (χ0v) is 9.31. The average Bonchev–Trinajstić information content (AvgIpc) is 2.09. The molecular weight excluding hydrogens is 180 g/mol. The van der Waals surface area contributed by atoms with Crippen molar-refractivity contribution in [2.45, 2.75) is 33.1 Å². The van der Waals surface area contributed by atoms with Crippen molar-refractivity contribution in [3.63, 3.8) is 0 Å². The fraction of sp³-hybridized carbons (Fsp3) is 0.500. The molecule has 0 spiro atoms. The molecule has 0 bridgehead atoms. The summed E-state index contributed by atoms with van der Waals surface area (Å²) in [5.74, 6) is 1.36. The largest absolute Gasteiger partial charge is 0.0843 e. The third kappa shape index (κ3) is 2.73. The maximum atomic E-state index is 5.84. The van der Waals surface area contributed by atoms with E-state index in [1.54, 1.807) is 0 Å². The van der Waals surface area contributed by atoms with Crippen LogP contribution in [0.4, 0.5) is 0 Å². The first-order valence-electron chi connectivity index (χ1n) is 4.90. The van der Waals surface area contributed by atoms with Crippen LogP contribution in [0.2, 0.25) is 5.02 Å². The minimum atomic E-state index is 0.664. The molecule has 0 nitrogen and oxygen atoms in total. The molecule has 0 aliphatic rings. The Morgan fingerprint density at radius 2 is 1.69 bits per heavy atom. The highest BCUT2D eigenvalue weighted by Crippen LogP contribution is 2.28. The number of halogens is 1. The molecule has 0 amide bonds. The number of rotatable bonds is 3. The minimum Gasteiger partial charge on any atom is -0.0843 e. The highest BCUT2D eigenvalue weighted by atomic mass is 35.5. The Bertz CT molecular complexity index is 248. The van der Waals surface area contributed by atoms with Gasteiger partial charge in [0, 0.05) is 5.02 Å². The van der Waals surface area contributed by atoms with Gasteiger partial charge in [0.25, 0.3) is 0 Å². The predicted octanol–water partition coefficient (Wildman–Crippen LogP) is 4.49. The van der Waals surface area contributed by atoms with E-state index in [2.05, 4.69) is 32.9 Å². The van der Waals surface area contributed by atoms with E-state index >= 15 is 0 Å².